The van der Waals surface area contributed by atoms with E-state index >= 15 is 0 Å². The Morgan fingerprint density at radius 3 is 2.19 bits per heavy atom. The van der Waals surface area contributed by atoms with E-state index in [1.165, 1.54) is 0 Å². The van der Waals surface area contributed by atoms with Crippen molar-refractivity contribution in [3.63, 3.8) is 0 Å². The average molecular weight is 451 g/mol. The van der Waals surface area contributed by atoms with Crippen LogP contribution in [0.2, 0.25) is 0 Å². The van der Waals surface area contributed by atoms with Crippen LogP contribution in [0, 0.1) is 16.7 Å². The molecule has 2 rings (SSSR count). The van der Waals surface area contributed by atoms with Crippen LogP contribution < -0.4 is 5.32 Å². The van der Waals surface area contributed by atoms with E-state index in [0.29, 0.717) is 12.3 Å². The molecule has 6 heteroatoms. The molecule has 0 aromatic carbocycles. The molecule has 2 fully saturated rings. The third-order valence-corrected chi connectivity index (χ3v) is 7.63. The van der Waals surface area contributed by atoms with Crippen molar-refractivity contribution < 1.29 is 19.1 Å². The zero-order valence-electron chi connectivity index (χ0n) is 21.5. The van der Waals surface area contributed by atoms with Gasteiger partial charge in [-0.2, -0.15) is 0 Å². The Morgan fingerprint density at radius 2 is 1.66 bits per heavy atom. The van der Waals surface area contributed by atoms with Gasteiger partial charge in [-0.3, -0.25) is 14.4 Å². The van der Waals surface area contributed by atoms with Crippen LogP contribution in [0.15, 0.2) is 0 Å². The number of carbonyl (C=O) groups is 3. The van der Waals surface area contributed by atoms with E-state index in [9.17, 15) is 14.4 Å². The minimum Gasteiger partial charge on any atom is -0.462 e. The van der Waals surface area contributed by atoms with Gasteiger partial charge in [-0.25, -0.2) is 0 Å². The number of rotatable bonds is 10. The largest absolute Gasteiger partial charge is 0.462 e. The second-order valence-corrected chi connectivity index (χ2v) is 11.6. The summed E-state index contributed by atoms with van der Waals surface area (Å²) in [5.74, 6) is 0.432. The second-order valence-electron chi connectivity index (χ2n) is 11.6. The molecule has 1 atom stereocenters. The van der Waals surface area contributed by atoms with Crippen LogP contribution in [-0.4, -0.2) is 53.8 Å². The van der Waals surface area contributed by atoms with E-state index in [2.05, 4.69) is 24.1 Å². The third kappa shape index (κ3) is 6.79. The molecule has 0 bridgehead atoms. The molecule has 184 valence electrons. The first-order valence-electron chi connectivity index (χ1n) is 12.6. The fraction of sp³-hybridized carbons (Fsp3) is 0.885. The highest BCUT2D eigenvalue weighted by molar-refractivity contribution is 5.93. The van der Waals surface area contributed by atoms with E-state index in [0.717, 1.165) is 64.6 Å². The number of esters is 1. The van der Waals surface area contributed by atoms with Gasteiger partial charge in [0, 0.05) is 24.8 Å². The number of ether oxygens (including phenoxy) is 1. The first-order chi connectivity index (χ1) is 14.8. The summed E-state index contributed by atoms with van der Waals surface area (Å²) < 4.78 is 5.78. The number of carbonyl (C=O) groups excluding carboxylic acids is 3. The molecule has 6 nitrogen and oxygen atoms in total. The van der Waals surface area contributed by atoms with Crippen LogP contribution in [-0.2, 0) is 19.1 Å². The minimum atomic E-state index is -0.854. The predicted molar refractivity (Wildman–Crippen MR) is 127 cm³/mol. The molecule has 1 saturated carbocycles. The molecule has 0 radical (unpaired) electrons. The van der Waals surface area contributed by atoms with E-state index in [1.807, 2.05) is 20.8 Å². The van der Waals surface area contributed by atoms with Crippen molar-refractivity contribution in [3.8, 4) is 0 Å². The number of hydrogen-bond acceptors (Lipinski definition) is 5. The Morgan fingerprint density at radius 1 is 1.06 bits per heavy atom. The lowest BCUT2D eigenvalue weighted by Gasteiger charge is -2.34. The molecule has 1 aliphatic carbocycles. The number of nitrogens with one attached hydrogen (secondary N) is 1. The van der Waals surface area contributed by atoms with Crippen LogP contribution in [0.1, 0.15) is 99.8 Å². The molecule has 0 aromatic rings. The first-order valence-corrected chi connectivity index (χ1v) is 12.6. The molecule has 2 aliphatic rings. The van der Waals surface area contributed by atoms with Gasteiger partial charge in [-0.15, -0.1) is 0 Å². The normalized spacial score (nSPS) is 26.4. The summed E-state index contributed by atoms with van der Waals surface area (Å²) in [4.78, 5) is 40.2. The van der Waals surface area contributed by atoms with Gasteiger partial charge in [0.15, 0.2) is 5.78 Å². The maximum atomic E-state index is 12.8. The Bertz CT molecular complexity index is 668. The summed E-state index contributed by atoms with van der Waals surface area (Å²) in [6.07, 6.45) is 6.80. The Hall–Kier alpha value is -1.43. The maximum Gasteiger partial charge on any atom is 0.312 e. The van der Waals surface area contributed by atoms with Gasteiger partial charge in [0.25, 0.3) is 0 Å². The molecule has 32 heavy (non-hydrogen) atoms. The number of cyclic esters (lactones) is 1. The number of Topliss-reactive ketones (excluding diaryl/α,β-unsaturated/α-hetero) is 1. The molecule has 1 N–H and O–H groups in total. The Labute approximate surface area is 195 Å². The standard InChI is InChI=1S/C26H46N2O4/c1-8-28(9-2)17-14-20-18-26(23(31)32-20)15-12-19(13-16-26)10-11-21(29)25(6,7)27-22(30)24(3,4)5/h19-20H,8-18H2,1-7H3,(H,27,30)/t19?,20-,26?/m0/s1. The molecule has 1 amide bonds. The maximum absolute atomic E-state index is 12.8. The number of amides is 1. The molecule has 0 aromatic heterocycles. The van der Waals surface area contributed by atoms with Crippen molar-refractivity contribution >= 4 is 17.7 Å². The van der Waals surface area contributed by atoms with Crippen LogP contribution in [0.3, 0.4) is 0 Å². The molecular weight excluding hydrogens is 404 g/mol. The minimum absolute atomic E-state index is 0.00241. The van der Waals surface area contributed by atoms with Crippen LogP contribution in [0.4, 0.5) is 0 Å². The van der Waals surface area contributed by atoms with Crippen molar-refractivity contribution in [1.82, 2.24) is 10.2 Å². The summed E-state index contributed by atoms with van der Waals surface area (Å²) >= 11 is 0. The number of nitrogens with zero attached hydrogens (tertiary/aromatic N) is 1. The lowest BCUT2D eigenvalue weighted by Crippen LogP contribution is -2.53. The monoisotopic (exact) mass is 450 g/mol. The van der Waals surface area contributed by atoms with Crippen molar-refractivity contribution in [2.24, 2.45) is 16.7 Å². The quantitative estimate of drug-likeness (QED) is 0.496. The summed E-state index contributed by atoms with van der Waals surface area (Å²) in [6, 6.07) is 0. The fourth-order valence-corrected chi connectivity index (χ4v) is 4.98. The summed E-state index contributed by atoms with van der Waals surface area (Å²) in [5.41, 5.74) is -1.67. The van der Waals surface area contributed by atoms with Crippen molar-refractivity contribution in [1.29, 1.82) is 0 Å². The number of ketones is 1. The zero-order valence-corrected chi connectivity index (χ0v) is 21.5. The molecule has 0 unspecified atom stereocenters. The van der Waals surface area contributed by atoms with Gasteiger partial charge < -0.3 is 15.0 Å². The summed E-state index contributed by atoms with van der Waals surface area (Å²) in [5, 5.41) is 2.91. The summed E-state index contributed by atoms with van der Waals surface area (Å²) in [7, 11) is 0. The average Bonchev–Trinajstić information content (AvgIpc) is 3.02. The van der Waals surface area contributed by atoms with Gasteiger partial charge in [0.2, 0.25) is 5.91 Å². The fourth-order valence-electron chi connectivity index (χ4n) is 4.98. The van der Waals surface area contributed by atoms with E-state index < -0.39 is 11.0 Å². The first kappa shape index (κ1) is 26.8. The highest BCUT2D eigenvalue weighted by Crippen LogP contribution is 2.49. The highest BCUT2D eigenvalue weighted by atomic mass is 16.6. The van der Waals surface area contributed by atoms with Crippen molar-refractivity contribution in [2.45, 2.75) is 111 Å². The lowest BCUT2D eigenvalue weighted by molar-refractivity contribution is -0.150. The van der Waals surface area contributed by atoms with Crippen molar-refractivity contribution in [3.05, 3.63) is 0 Å². The van der Waals surface area contributed by atoms with Crippen LogP contribution in [0.25, 0.3) is 0 Å². The van der Waals surface area contributed by atoms with Crippen LogP contribution >= 0.6 is 0 Å². The van der Waals surface area contributed by atoms with E-state index in [4.69, 9.17) is 4.74 Å². The smallest absolute Gasteiger partial charge is 0.312 e. The highest BCUT2D eigenvalue weighted by Gasteiger charge is 2.50. The zero-order chi connectivity index (χ0) is 24.2. The molecule has 1 spiro atoms. The van der Waals surface area contributed by atoms with E-state index in [-0.39, 0.29) is 29.2 Å². The number of hydrogen-bond donors (Lipinski definition) is 1. The van der Waals surface area contributed by atoms with Crippen molar-refractivity contribution in [2.75, 3.05) is 19.6 Å². The molecule has 1 heterocycles. The second kappa shape index (κ2) is 10.7. The van der Waals surface area contributed by atoms with Crippen LogP contribution in [0.5, 0.6) is 0 Å². The molecular formula is C26H46N2O4. The van der Waals surface area contributed by atoms with Gasteiger partial charge in [-0.1, -0.05) is 34.6 Å². The van der Waals surface area contributed by atoms with Gasteiger partial charge in [-0.05, 0) is 71.4 Å². The SMILES string of the molecule is CCN(CC)CC[C@H]1CC2(CCC(CCC(=O)C(C)(C)NC(=O)C(C)(C)C)CC2)C(=O)O1. The van der Waals surface area contributed by atoms with Gasteiger partial charge in [0.1, 0.15) is 6.10 Å². The topological polar surface area (TPSA) is 75.7 Å². The predicted octanol–water partition coefficient (Wildman–Crippen LogP) is 4.50. The van der Waals surface area contributed by atoms with E-state index in [1.54, 1.807) is 13.8 Å². The molecule has 1 saturated heterocycles. The van der Waals surface area contributed by atoms with Gasteiger partial charge >= 0.3 is 5.97 Å². The lowest BCUT2D eigenvalue weighted by atomic mass is 9.67. The Kier molecular flexibility index (Phi) is 8.94. The Balaban J connectivity index is 1.80. The van der Waals surface area contributed by atoms with Gasteiger partial charge in [0.05, 0.1) is 11.0 Å². The third-order valence-electron chi connectivity index (χ3n) is 7.63. The molecule has 1 aliphatic heterocycles. The summed E-state index contributed by atoms with van der Waals surface area (Å²) in [6.45, 7) is 16.5.